The molecule has 0 spiro atoms. The second kappa shape index (κ2) is 12.4. The van der Waals surface area contributed by atoms with Crippen LogP contribution in [-0.4, -0.2) is 26.0 Å². The number of hydrogen-bond donors (Lipinski definition) is 3. The molecule has 0 bridgehead atoms. The van der Waals surface area contributed by atoms with Gasteiger partial charge in [0.05, 0.1) is 12.4 Å². The number of rotatable bonds is 13. The van der Waals surface area contributed by atoms with Crippen LogP contribution in [0.2, 0.25) is 5.02 Å². The third-order valence-corrected chi connectivity index (χ3v) is 4.66. The van der Waals surface area contributed by atoms with Gasteiger partial charge in [-0.3, -0.25) is 0 Å². The normalized spacial score (nSPS) is 11.7. The van der Waals surface area contributed by atoms with Crippen molar-refractivity contribution in [3.8, 4) is 5.75 Å². The van der Waals surface area contributed by atoms with Crippen molar-refractivity contribution in [1.29, 1.82) is 5.41 Å². The van der Waals surface area contributed by atoms with Gasteiger partial charge in [-0.25, -0.2) is 0 Å². The summed E-state index contributed by atoms with van der Waals surface area (Å²) >= 11 is 6.32. The molecule has 0 saturated heterocycles. The Morgan fingerprint density at radius 2 is 2.00 bits per heavy atom. The van der Waals surface area contributed by atoms with Gasteiger partial charge in [-0.15, -0.1) is 0 Å². The lowest BCUT2D eigenvalue weighted by Crippen LogP contribution is -2.19. The van der Waals surface area contributed by atoms with Crippen LogP contribution in [0.3, 0.4) is 0 Å². The van der Waals surface area contributed by atoms with Gasteiger partial charge in [0.2, 0.25) is 0 Å². The van der Waals surface area contributed by atoms with Crippen LogP contribution < -0.4 is 15.8 Å². The Hall–Kier alpha value is -1.98. The summed E-state index contributed by atoms with van der Waals surface area (Å²) in [5.74, 6) is 1.15. The number of benzene rings is 1. The van der Waals surface area contributed by atoms with E-state index in [2.05, 4.69) is 11.9 Å². The zero-order chi connectivity index (χ0) is 20.2. The molecule has 0 amide bonds. The Bertz CT molecular complexity index is 672. The van der Waals surface area contributed by atoms with Crippen LogP contribution in [0.5, 0.6) is 5.75 Å². The zero-order valence-corrected chi connectivity index (χ0v) is 17.4. The average molecular weight is 394 g/mol. The first-order chi connectivity index (χ1) is 12.9. The molecule has 0 saturated carbocycles. The largest absolute Gasteiger partial charge is 0.493 e. The fourth-order valence-electron chi connectivity index (χ4n) is 2.67. The van der Waals surface area contributed by atoms with Crippen molar-refractivity contribution >= 4 is 17.8 Å². The summed E-state index contributed by atoms with van der Waals surface area (Å²) in [5.41, 5.74) is 9.16. The molecule has 0 atom stereocenters. The van der Waals surface area contributed by atoms with Crippen molar-refractivity contribution in [2.75, 3.05) is 19.8 Å². The van der Waals surface area contributed by atoms with Gasteiger partial charge in [-0.2, -0.15) is 0 Å². The molecular formula is C21H32ClN3O2. The van der Waals surface area contributed by atoms with Crippen molar-refractivity contribution in [3.05, 3.63) is 52.0 Å². The number of ether oxygens (including phenoxy) is 2. The van der Waals surface area contributed by atoms with E-state index in [1.807, 2.05) is 32.9 Å². The zero-order valence-electron chi connectivity index (χ0n) is 16.7. The van der Waals surface area contributed by atoms with Gasteiger partial charge in [-0.05, 0) is 63.3 Å². The van der Waals surface area contributed by atoms with Crippen LogP contribution in [0, 0.1) is 12.3 Å². The molecule has 0 unspecified atom stereocenters. The van der Waals surface area contributed by atoms with E-state index in [1.165, 1.54) is 6.21 Å². The Morgan fingerprint density at radius 3 is 2.63 bits per heavy atom. The summed E-state index contributed by atoms with van der Waals surface area (Å²) in [4.78, 5) is 0. The summed E-state index contributed by atoms with van der Waals surface area (Å²) in [6.07, 6.45) is 4.92. The molecule has 5 nitrogen and oxygen atoms in total. The maximum atomic E-state index is 7.75. The summed E-state index contributed by atoms with van der Waals surface area (Å²) < 4.78 is 11.4. The number of unbranched alkanes of at least 4 members (excludes halogenated alkanes) is 2. The van der Waals surface area contributed by atoms with E-state index in [0.29, 0.717) is 23.9 Å². The van der Waals surface area contributed by atoms with Gasteiger partial charge in [0.15, 0.2) is 0 Å². The van der Waals surface area contributed by atoms with E-state index >= 15 is 0 Å². The number of allylic oxidation sites excluding steroid dienone is 2. The number of nitrogens with one attached hydrogen (secondary N) is 2. The van der Waals surface area contributed by atoms with Gasteiger partial charge in [0, 0.05) is 42.1 Å². The fraction of sp³-hybridized carbons (Fsp3) is 0.476. The molecular weight excluding hydrogens is 362 g/mol. The highest BCUT2D eigenvalue weighted by molar-refractivity contribution is 6.31. The maximum absolute atomic E-state index is 7.75. The van der Waals surface area contributed by atoms with Crippen molar-refractivity contribution in [1.82, 2.24) is 5.32 Å². The lowest BCUT2D eigenvalue weighted by atomic mass is 9.98. The van der Waals surface area contributed by atoms with Gasteiger partial charge in [0.1, 0.15) is 5.75 Å². The first kappa shape index (κ1) is 23.1. The molecule has 6 heteroatoms. The van der Waals surface area contributed by atoms with Crippen LogP contribution in [0.25, 0.3) is 0 Å². The Morgan fingerprint density at radius 1 is 1.30 bits per heavy atom. The minimum atomic E-state index is 0.346. The first-order valence-electron chi connectivity index (χ1n) is 9.30. The highest BCUT2D eigenvalue weighted by Crippen LogP contribution is 2.30. The minimum Gasteiger partial charge on any atom is -0.493 e. The van der Waals surface area contributed by atoms with E-state index in [9.17, 15) is 0 Å². The molecule has 0 fully saturated rings. The lowest BCUT2D eigenvalue weighted by Gasteiger charge is -2.17. The molecule has 1 rings (SSSR count). The van der Waals surface area contributed by atoms with Gasteiger partial charge >= 0.3 is 0 Å². The highest BCUT2D eigenvalue weighted by Gasteiger charge is 2.13. The van der Waals surface area contributed by atoms with E-state index in [0.717, 1.165) is 60.6 Å². The minimum absolute atomic E-state index is 0.346. The van der Waals surface area contributed by atoms with E-state index in [-0.39, 0.29) is 0 Å². The maximum Gasteiger partial charge on any atom is 0.123 e. The SMILES string of the molecule is C=C(N)N/C(C)=C(\C=N)Cc1c(OCCCCCOCC)ccc(Cl)c1C. The molecule has 27 heavy (non-hydrogen) atoms. The summed E-state index contributed by atoms with van der Waals surface area (Å²) in [7, 11) is 0. The molecule has 1 aromatic carbocycles. The smallest absolute Gasteiger partial charge is 0.123 e. The molecule has 0 aromatic heterocycles. The van der Waals surface area contributed by atoms with Crippen LogP contribution in [0.1, 0.15) is 44.2 Å². The number of nitrogens with two attached hydrogens (primary N) is 1. The van der Waals surface area contributed by atoms with Crippen LogP contribution >= 0.6 is 11.6 Å². The standard InChI is InChI=1S/C21H32ClN3O2/c1-5-26-11-7-6-8-12-27-21-10-9-20(22)15(2)19(21)13-18(14-23)16(3)25-17(4)24/h9-10,14,23,25H,4-8,11-13,24H2,1-3H3/b18-16-,23-14?. The topological polar surface area (TPSA) is 80.4 Å². The van der Waals surface area contributed by atoms with Crippen molar-refractivity contribution < 1.29 is 9.47 Å². The molecule has 0 aliphatic heterocycles. The van der Waals surface area contributed by atoms with E-state index in [1.54, 1.807) is 0 Å². The fourth-order valence-corrected chi connectivity index (χ4v) is 2.85. The molecule has 150 valence electrons. The molecule has 0 radical (unpaired) electrons. The summed E-state index contributed by atoms with van der Waals surface area (Å²) in [6, 6.07) is 3.75. The molecule has 0 heterocycles. The number of hydrogen-bond acceptors (Lipinski definition) is 5. The summed E-state index contributed by atoms with van der Waals surface area (Å²) in [6.45, 7) is 11.7. The Labute approximate surface area is 168 Å². The monoisotopic (exact) mass is 393 g/mol. The Balaban J connectivity index is 2.84. The van der Waals surface area contributed by atoms with Gasteiger partial charge in [0.25, 0.3) is 0 Å². The molecule has 4 N–H and O–H groups in total. The molecule has 1 aromatic rings. The second-order valence-corrected chi connectivity index (χ2v) is 6.78. The quantitative estimate of drug-likeness (QED) is 0.334. The van der Waals surface area contributed by atoms with Crippen LogP contribution in [0.4, 0.5) is 0 Å². The van der Waals surface area contributed by atoms with Crippen molar-refractivity contribution in [2.45, 2.75) is 46.5 Å². The third kappa shape index (κ3) is 8.06. The van der Waals surface area contributed by atoms with E-state index < -0.39 is 0 Å². The molecule has 0 aliphatic rings. The first-order valence-corrected chi connectivity index (χ1v) is 9.68. The van der Waals surface area contributed by atoms with E-state index in [4.69, 9.17) is 32.2 Å². The van der Waals surface area contributed by atoms with Gasteiger partial charge in [-0.1, -0.05) is 18.2 Å². The predicted molar refractivity (Wildman–Crippen MR) is 114 cm³/mol. The highest BCUT2D eigenvalue weighted by atomic mass is 35.5. The van der Waals surface area contributed by atoms with Crippen LogP contribution in [0.15, 0.2) is 35.8 Å². The average Bonchev–Trinajstić information content (AvgIpc) is 2.62. The van der Waals surface area contributed by atoms with Crippen molar-refractivity contribution in [2.24, 2.45) is 5.73 Å². The Kier molecular flexibility index (Phi) is 10.6. The van der Waals surface area contributed by atoms with Crippen molar-refractivity contribution in [3.63, 3.8) is 0 Å². The second-order valence-electron chi connectivity index (χ2n) is 6.38. The molecule has 0 aliphatic carbocycles. The lowest BCUT2D eigenvalue weighted by molar-refractivity contribution is 0.141. The summed E-state index contributed by atoms with van der Waals surface area (Å²) in [5, 5.41) is 11.4. The third-order valence-electron chi connectivity index (χ3n) is 4.26. The predicted octanol–water partition coefficient (Wildman–Crippen LogP) is 4.72. The van der Waals surface area contributed by atoms with Gasteiger partial charge < -0.3 is 25.9 Å². The van der Waals surface area contributed by atoms with Crippen LogP contribution in [-0.2, 0) is 11.2 Å². The number of halogens is 1.